The number of aliphatic hydroxyl groups is 2. The average Bonchev–Trinajstić information content (AvgIpc) is 2.71. The number of hydrogen-bond acceptors (Lipinski definition) is 5. The van der Waals surface area contributed by atoms with Crippen LogP contribution in [-0.2, 0) is 10.7 Å². The van der Waals surface area contributed by atoms with Crippen LogP contribution in [-0.4, -0.2) is 53.7 Å². The number of aliphatic hydroxyl groups excluding tert-OH is 2. The highest BCUT2D eigenvalue weighted by atomic mass is 19.3. The van der Waals surface area contributed by atoms with E-state index >= 15 is 8.78 Å². The van der Waals surface area contributed by atoms with E-state index in [0.717, 1.165) is 25.0 Å². The highest BCUT2D eigenvalue weighted by molar-refractivity contribution is 5.89. The maximum Gasteiger partial charge on any atom is 0.319 e. The summed E-state index contributed by atoms with van der Waals surface area (Å²) in [4.78, 5) is 11.8. The van der Waals surface area contributed by atoms with E-state index < -0.39 is 41.9 Å². The van der Waals surface area contributed by atoms with E-state index in [-0.39, 0.29) is 13.0 Å². The maximum absolute atomic E-state index is 15.0. The molecule has 1 fully saturated rings. The van der Waals surface area contributed by atoms with E-state index in [4.69, 9.17) is 16.9 Å². The molecule has 7 nitrogen and oxygen atoms in total. The van der Waals surface area contributed by atoms with Crippen LogP contribution in [0.15, 0.2) is 24.3 Å². The lowest BCUT2D eigenvalue weighted by atomic mass is 9.90. The van der Waals surface area contributed by atoms with Gasteiger partial charge in [0.2, 0.25) is 0 Å². The van der Waals surface area contributed by atoms with Crippen molar-refractivity contribution < 1.29 is 28.5 Å². The van der Waals surface area contributed by atoms with Gasteiger partial charge in [0, 0.05) is 30.6 Å². The first-order valence-corrected chi connectivity index (χ1v) is 9.98. The fourth-order valence-corrected chi connectivity index (χ4v) is 3.29. The number of rotatable bonds is 9. The van der Waals surface area contributed by atoms with Crippen molar-refractivity contribution in [1.82, 2.24) is 5.32 Å². The molecule has 1 aliphatic rings. The molecule has 166 valence electrons. The third-order valence-corrected chi connectivity index (χ3v) is 4.95. The number of halogens is 2. The average molecular weight is 425 g/mol. The lowest BCUT2D eigenvalue weighted by molar-refractivity contribution is -0.249. The zero-order valence-electron chi connectivity index (χ0n) is 16.7. The molecule has 0 saturated carbocycles. The Kier molecular flexibility index (Phi) is 8.99. The summed E-state index contributed by atoms with van der Waals surface area (Å²) in [6, 6.07) is 4.53. The Morgan fingerprint density at radius 3 is 2.63 bits per heavy atom. The third-order valence-electron chi connectivity index (χ3n) is 4.95. The number of carbonyl (C=O) groups excluding carboxylic acids is 1. The van der Waals surface area contributed by atoms with Gasteiger partial charge in [0.15, 0.2) is 6.10 Å². The number of ether oxygens (including phenoxy) is 1. The molecule has 1 saturated heterocycles. The third kappa shape index (κ3) is 6.37. The molecule has 0 spiro atoms. The van der Waals surface area contributed by atoms with Gasteiger partial charge in [-0.1, -0.05) is 12.1 Å². The molecule has 0 aromatic heterocycles. The predicted octanol–water partition coefficient (Wildman–Crippen LogP) is 1.93. The van der Waals surface area contributed by atoms with Crippen LogP contribution in [0, 0.1) is 12.3 Å². The van der Waals surface area contributed by atoms with Gasteiger partial charge >= 0.3 is 12.0 Å². The van der Waals surface area contributed by atoms with Crippen LogP contribution in [0.2, 0.25) is 0 Å². The molecule has 2 rings (SSSR count). The number of unbranched alkanes of at least 4 members (excludes halogenated alkanes) is 2. The molecule has 1 aromatic carbocycles. The standard InChI is InChI=1S/C21H29F2N3O4/c1-2-3-4-5-12-25-20(29)26-15-8-6-14(7-9-15)21(22,23)19-18(28)17(27)13-16(30-19)10-11-24/h1,6-9,16-19,27-28H,3-5,10-13,24H2,(H2,25,26,29). The number of anilines is 1. The SMILES string of the molecule is C#CCCCCNC(=O)Nc1ccc(C(F)(F)C2OC(CCN)CC(O)C2O)cc1. The van der Waals surface area contributed by atoms with E-state index in [1.807, 2.05) is 0 Å². The van der Waals surface area contributed by atoms with Crippen LogP contribution in [0.25, 0.3) is 0 Å². The first kappa shape index (κ1) is 24.0. The molecule has 0 bridgehead atoms. The van der Waals surface area contributed by atoms with Crippen molar-refractivity contribution in [3.05, 3.63) is 29.8 Å². The van der Waals surface area contributed by atoms with Crippen molar-refractivity contribution in [1.29, 1.82) is 0 Å². The Labute approximate surface area is 175 Å². The van der Waals surface area contributed by atoms with Gasteiger partial charge in [0.1, 0.15) is 6.10 Å². The van der Waals surface area contributed by atoms with Gasteiger partial charge < -0.3 is 31.3 Å². The summed E-state index contributed by atoms with van der Waals surface area (Å²) in [7, 11) is 0. The molecule has 6 N–H and O–H groups in total. The Balaban J connectivity index is 1.98. The molecule has 0 radical (unpaired) electrons. The number of nitrogens with two attached hydrogens (primary N) is 1. The van der Waals surface area contributed by atoms with Crippen LogP contribution in [0.3, 0.4) is 0 Å². The molecule has 30 heavy (non-hydrogen) atoms. The maximum atomic E-state index is 15.0. The van der Waals surface area contributed by atoms with Gasteiger partial charge in [-0.2, -0.15) is 8.78 Å². The largest absolute Gasteiger partial charge is 0.390 e. The predicted molar refractivity (Wildman–Crippen MR) is 109 cm³/mol. The Morgan fingerprint density at radius 2 is 2.00 bits per heavy atom. The minimum Gasteiger partial charge on any atom is -0.390 e. The summed E-state index contributed by atoms with van der Waals surface area (Å²) in [5.74, 6) is -1.03. The Hall–Kier alpha value is -2.25. The molecule has 1 aromatic rings. The molecule has 1 heterocycles. The summed E-state index contributed by atoms with van der Waals surface area (Å²) >= 11 is 0. The normalized spacial score (nSPS) is 24.1. The lowest BCUT2D eigenvalue weighted by Gasteiger charge is -2.40. The van der Waals surface area contributed by atoms with Crippen LogP contribution in [0.5, 0.6) is 0 Å². The Bertz CT molecular complexity index is 724. The number of urea groups is 1. The smallest absolute Gasteiger partial charge is 0.319 e. The molecule has 1 aliphatic heterocycles. The number of hydrogen-bond donors (Lipinski definition) is 5. The molecule has 9 heteroatoms. The fourth-order valence-electron chi connectivity index (χ4n) is 3.29. The van der Waals surface area contributed by atoms with Gasteiger partial charge in [0.25, 0.3) is 0 Å². The minimum absolute atomic E-state index is 0.0473. The van der Waals surface area contributed by atoms with Gasteiger partial charge in [-0.25, -0.2) is 4.79 Å². The van der Waals surface area contributed by atoms with Crippen molar-refractivity contribution in [2.24, 2.45) is 5.73 Å². The van der Waals surface area contributed by atoms with Crippen molar-refractivity contribution in [2.45, 2.75) is 62.4 Å². The lowest BCUT2D eigenvalue weighted by Crippen LogP contribution is -2.55. The molecule has 4 atom stereocenters. The van der Waals surface area contributed by atoms with E-state index in [9.17, 15) is 15.0 Å². The molecular formula is C21H29F2N3O4. The molecule has 4 unspecified atom stereocenters. The van der Waals surface area contributed by atoms with Gasteiger partial charge in [-0.05, 0) is 37.9 Å². The quantitative estimate of drug-likeness (QED) is 0.306. The molecular weight excluding hydrogens is 396 g/mol. The van der Waals surface area contributed by atoms with E-state index in [0.29, 0.717) is 25.1 Å². The second-order valence-corrected chi connectivity index (χ2v) is 7.29. The van der Waals surface area contributed by atoms with Gasteiger partial charge in [-0.15, -0.1) is 12.3 Å². The zero-order valence-corrected chi connectivity index (χ0v) is 16.7. The second-order valence-electron chi connectivity index (χ2n) is 7.29. The van der Waals surface area contributed by atoms with Gasteiger partial charge in [0.05, 0.1) is 12.2 Å². The Morgan fingerprint density at radius 1 is 1.30 bits per heavy atom. The summed E-state index contributed by atoms with van der Waals surface area (Å²) in [5.41, 5.74) is 5.39. The topological polar surface area (TPSA) is 117 Å². The first-order valence-electron chi connectivity index (χ1n) is 9.98. The second kappa shape index (κ2) is 11.2. The number of terminal acetylenes is 1. The van der Waals surface area contributed by atoms with Crippen molar-refractivity contribution in [3.8, 4) is 12.3 Å². The number of carbonyl (C=O) groups is 1. The fraction of sp³-hybridized carbons (Fsp3) is 0.571. The van der Waals surface area contributed by atoms with Crippen LogP contribution >= 0.6 is 0 Å². The summed E-state index contributed by atoms with van der Waals surface area (Å²) in [6.45, 7) is 0.672. The van der Waals surface area contributed by atoms with Crippen molar-refractivity contribution in [2.75, 3.05) is 18.4 Å². The number of nitrogens with one attached hydrogen (secondary N) is 2. The monoisotopic (exact) mass is 425 g/mol. The summed E-state index contributed by atoms with van der Waals surface area (Å²) in [5, 5.41) is 25.2. The summed E-state index contributed by atoms with van der Waals surface area (Å²) in [6.07, 6.45) is 2.08. The summed E-state index contributed by atoms with van der Waals surface area (Å²) < 4.78 is 35.4. The minimum atomic E-state index is -3.55. The number of alkyl halides is 2. The van der Waals surface area contributed by atoms with Crippen LogP contribution < -0.4 is 16.4 Å². The van der Waals surface area contributed by atoms with Crippen molar-refractivity contribution >= 4 is 11.7 Å². The first-order chi connectivity index (χ1) is 14.3. The van der Waals surface area contributed by atoms with Crippen LogP contribution in [0.4, 0.5) is 19.3 Å². The van der Waals surface area contributed by atoms with E-state index in [1.54, 1.807) is 0 Å². The van der Waals surface area contributed by atoms with Gasteiger partial charge in [-0.3, -0.25) is 0 Å². The molecule has 2 amide bonds. The van der Waals surface area contributed by atoms with E-state index in [1.165, 1.54) is 12.1 Å². The number of amides is 2. The molecule has 0 aliphatic carbocycles. The highest BCUT2D eigenvalue weighted by Crippen LogP contribution is 2.40. The van der Waals surface area contributed by atoms with Crippen molar-refractivity contribution in [3.63, 3.8) is 0 Å². The van der Waals surface area contributed by atoms with Crippen LogP contribution in [0.1, 0.15) is 37.7 Å². The van der Waals surface area contributed by atoms with E-state index in [2.05, 4.69) is 16.6 Å². The number of benzene rings is 1. The zero-order chi connectivity index (χ0) is 22.1. The highest BCUT2D eigenvalue weighted by Gasteiger charge is 2.52.